The molecule has 1 aromatic carbocycles. The second kappa shape index (κ2) is 5.64. The molecular formula is C14H19N3. The summed E-state index contributed by atoms with van der Waals surface area (Å²) in [6.45, 7) is 0. The molecule has 0 aliphatic heterocycles. The fraction of sp³-hybridized carbons (Fsp3) is 0.357. The molecule has 0 saturated heterocycles. The van der Waals surface area contributed by atoms with Crippen molar-refractivity contribution in [3.05, 3.63) is 53.9 Å². The standard InChI is InChI=1S/C14H19N3/c1-15-13(14-10-11-16-17(14)2)9-8-12-6-4-3-5-7-12/h3-7,10-11,13,15H,8-9H2,1-2H3. The summed E-state index contributed by atoms with van der Waals surface area (Å²) >= 11 is 0. The molecule has 1 aromatic heterocycles. The Balaban J connectivity index is 2.00. The van der Waals surface area contributed by atoms with Gasteiger partial charge in [0, 0.05) is 19.3 Å². The van der Waals surface area contributed by atoms with Crippen LogP contribution in [0.5, 0.6) is 0 Å². The Kier molecular flexibility index (Phi) is 3.94. The summed E-state index contributed by atoms with van der Waals surface area (Å²) in [7, 11) is 3.99. The van der Waals surface area contributed by atoms with Crippen LogP contribution in [-0.4, -0.2) is 16.8 Å². The first kappa shape index (κ1) is 11.9. The minimum absolute atomic E-state index is 0.364. The normalized spacial score (nSPS) is 12.6. The molecule has 0 spiro atoms. The number of hydrogen-bond acceptors (Lipinski definition) is 2. The number of benzene rings is 1. The average molecular weight is 229 g/mol. The number of nitrogens with one attached hydrogen (secondary N) is 1. The maximum Gasteiger partial charge on any atom is 0.0550 e. The van der Waals surface area contributed by atoms with E-state index < -0.39 is 0 Å². The number of hydrogen-bond donors (Lipinski definition) is 1. The van der Waals surface area contributed by atoms with Gasteiger partial charge in [-0.15, -0.1) is 0 Å². The van der Waals surface area contributed by atoms with Crippen LogP contribution < -0.4 is 5.32 Å². The Hall–Kier alpha value is -1.61. The van der Waals surface area contributed by atoms with Crippen molar-refractivity contribution in [1.29, 1.82) is 0 Å². The van der Waals surface area contributed by atoms with E-state index in [0.717, 1.165) is 12.8 Å². The van der Waals surface area contributed by atoms with Crippen molar-refractivity contribution in [1.82, 2.24) is 15.1 Å². The maximum absolute atomic E-state index is 4.22. The quantitative estimate of drug-likeness (QED) is 0.852. The highest BCUT2D eigenvalue weighted by Crippen LogP contribution is 2.17. The fourth-order valence-corrected chi connectivity index (χ4v) is 2.12. The van der Waals surface area contributed by atoms with Gasteiger partial charge in [-0.3, -0.25) is 4.68 Å². The van der Waals surface area contributed by atoms with Crippen LogP contribution in [0, 0.1) is 0 Å². The maximum atomic E-state index is 4.22. The molecule has 0 aliphatic carbocycles. The van der Waals surface area contributed by atoms with Gasteiger partial charge in [0.15, 0.2) is 0 Å². The molecule has 17 heavy (non-hydrogen) atoms. The van der Waals surface area contributed by atoms with E-state index in [4.69, 9.17) is 0 Å². The number of aryl methyl sites for hydroxylation is 2. The summed E-state index contributed by atoms with van der Waals surface area (Å²) in [6.07, 6.45) is 4.01. The Bertz CT molecular complexity index is 448. The van der Waals surface area contributed by atoms with Crippen molar-refractivity contribution in [2.45, 2.75) is 18.9 Å². The van der Waals surface area contributed by atoms with Gasteiger partial charge in [-0.05, 0) is 31.5 Å². The minimum atomic E-state index is 0.364. The van der Waals surface area contributed by atoms with Gasteiger partial charge in [-0.1, -0.05) is 30.3 Å². The highest BCUT2D eigenvalue weighted by molar-refractivity contribution is 5.16. The van der Waals surface area contributed by atoms with Crippen LogP contribution in [0.4, 0.5) is 0 Å². The molecule has 3 heteroatoms. The number of rotatable bonds is 5. The summed E-state index contributed by atoms with van der Waals surface area (Å²) < 4.78 is 1.94. The van der Waals surface area contributed by atoms with Crippen LogP contribution in [0.1, 0.15) is 23.7 Å². The van der Waals surface area contributed by atoms with Crippen molar-refractivity contribution < 1.29 is 0 Å². The average Bonchev–Trinajstić information content (AvgIpc) is 2.78. The molecule has 1 unspecified atom stereocenters. The highest BCUT2D eigenvalue weighted by Gasteiger charge is 2.12. The second-order valence-corrected chi connectivity index (χ2v) is 4.25. The first-order valence-electron chi connectivity index (χ1n) is 6.00. The first-order chi connectivity index (χ1) is 8.31. The largest absolute Gasteiger partial charge is 0.312 e. The van der Waals surface area contributed by atoms with Gasteiger partial charge >= 0.3 is 0 Å². The smallest absolute Gasteiger partial charge is 0.0550 e. The van der Waals surface area contributed by atoms with E-state index in [9.17, 15) is 0 Å². The lowest BCUT2D eigenvalue weighted by atomic mass is 10.0. The van der Waals surface area contributed by atoms with E-state index in [1.54, 1.807) is 0 Å². The second-order valence-electron chi connectivity index (χ2n) is 4.25. The molecule has 0 fully saturated rings. The molecule has 0 radical (unpaired) electrons. The van der Waals surface area contributed by atoms with Gasteiger partial charge in [-0.2, -0.15) is 5.10 Å². The molecule has 3 nitrogen and oxygen atoms in total. The highest BCUT2D eigenvalue weighted by atomic mass is 15.3. The monoisotopic (exact) mass is 229 g/mol. The zero-order valence-electron chi connectivity index (χ0n) is 10.4. The van der Waals surface area contributed by atoms with Crippen LogP contribution in [0.15, 0.2) is 42.6 Å². The van der Waals surface area contributed by atoms with E-state index in [-0.39, 0.29) is 0 Å². The first-order valence-corrected chi connectivity index (χ1v) is 6.00. The molecule has 1 N–H and O–H groups in total. The summed E-state index contributed by atoms with van der Waals surface area (Å²) in [5.74, 6) is 0. The predicted octanol–water partition coefficient (Wildman–Crippen LogP) is 2.31. The zero-order chi connectivity index (χ0) is 12.1. The minimum Gasteiger partial charge on any atom is -0.312 e. The van der Waals surface area contributed by atoms with Gasteiger partial charge < -0.3 is 5.32 Å². The Morgan fingerprint density at radius 3 is 2.59 bits per heavy atom. The summed E-state index contributed by atoms with van der Waals surface area (Å²) in [5, 5.41) is 7.57. The van der Waals surface area contributed by atoms with E-state index in [0.29, 0.717) is 6.04 Å². The molecule has 1 heterocycles. The molecule has 0 saturated carbocycles. The molecule has 0 aliphatic rings. The van der Waals surface area contributed by atoms with Gasteiger partial charge in [0.05, 0.1) is 5.69 Å². The number of aromatic nitrogens is 2. The van der Waals surface area contributed by atoms with Gasteiger partial charge in [0.2, 0.25) is 0 Å². The van der Waals surface area contributed by atoms with Crippen LogP contribution in [-0.2, 0) is 13.5 Å². The predicted molar refractivity (Wildman–Crippen MR) is 69.8 cm³/mol. The Morgan fingerprint density at radius 1 is 1.24 bits per heavy atom. The SMILES string of the molecule is CNC(CCc1ccccc1)c1ccnn1C. The van der Waals surface area contributed by atoms with Crippen LogP contribution >= 0.6 is 0 Å². The molecular weight excluding hydrogens is 210 g/mol. The topological polar surface area (TPSA) is 29.9 Å². The van der Waals surface area contributed by atoms with Crippen molar-refractivity contribution in [3.63, 3.8) is 0 Å². The molecule has 2 aromatic rings. The lowest BCUT2D eigenvalue weighted by Gasteiger charge is -2.16. The van der Waals surface area contributed by atoms with Crippen molar-refractivity contribution >= 4 is 0 Å². The van der Waals surface area contributed by atoms with Gasteiger partial charge in [-0.25, -0.2) is 0 Å². The van der Waals surface area contributed by atoms with Gasteiger partial charge in [0.1, 0.15) is 0 Å². The summed E-state index contributed by atoms with van der Waals surface area (Å²) in [4.78, 5) is 0. The zero-order valence-corrected chi connectivity index (χ0v) is 10.4. The van der Waals surface area contributed by atoms with Crippen LogP contribution in [0.25, 0.3) is 0 Å². The van der Waals surface area contributed by atoms with E-state index in [2.05, 4.69) is 46.8 Å². The summed E-state index contributed by atoms with van der Waals surface area (Å²) in [5.41, 5.74) is 2.62. The third-order valence-corrected chi connectivity index (χ3v) is 3.13. The van der Waals surface area contributed by atoms with Crippen LogP contribution in [0.2, 0.25) is 0 Å². The Morgan fingerprint density at radius 2 is 2.00 bits per heavy atom. The van der Waals surface area contributed by atoms with E-state index >= 15 is 0 Å². The fourth-order valence-electron chi connectivity index (χ4n) is 2.12. The van der Waals surface area contributed by atoms with Crippen molar-refractivity contribution in [3.8, 4) is 0 Å². The van der Waals surface area contributed by atoms with Crippen LogP contribution in [0.3, 0.4) is 0 Å². The van der Waals surface area contributed by atoms with Crippen molar-refractivity contribution in [2.24, 2.45) is 7.05 Å². The van der Waals surface area contributed by atoms with E-state index in [1.807, 2.05) is 25.0 Å². The molecule has 90 valence electrons. The Labute approximate surface area is 102 Å². The molecule has 0 bridgehead atoms. The lowest BCUT2D eigenvalue weighted by molar-refractivity contribution is 0.506. The van der Waals surface area contributed by atoms with Gasteiger partial charge in [0.25, 0.3) is 0 Å². The third kappa shape index (κ3) is 2.94. The molecule has 0 amide bonds. The molecule has 1 atom stereocenters. The lowest BCUT2D eigenvalue weighted by Crippen LogP contribution is -2.20. The third-order valence-electron chi connectivity index (χ3n) is 3.13. The summed E-state index contributed by atoms with van der Waals surface area (Å²) in [6, 6.07) is 13.0. The van der Waals surface area contributed by atoms with E-state index in [1.165, 1.54) is 11.3 Å². The number of nitrogens with zero attached hydrogens (tertiary/aromatic N) is 2. The van der Waals surface area contributed by atoms with Crippen molar-refractivity contribution in [2.75, 3.05) is 7.05 Å². The molecule has 2 rings (SSSR count).